The van der Waals surface area contributed by atoms with Gasteiger partial charge in [0, 0.05) is 10.4 Å². The summed E-state index contributed by atoms with van der Waals surface area (Å²) in [4.78, 5) is 17.4. The van der Waals surface area contributed by atoms with E-state index in [1.807, 2.05) is 13.8 Å². The van der Waals surface area contributed by atoms with Gasteiger partial charge in [-0.05, 0) is 47.5 Å². The molecule has 0 aliphatic carbocycles. The summed E-state index contributed by atoms with van der Waals surface area (Å²) in [7, 11) is 0. The summed E-state index contributed by atoms with van der Waals surface area (Å²) in [6.45, 7) is 3.99. The third-order valence-corrected chi connectivity index (χ3v) is 4.17. The van der Waals surface area contributed by atoms with Crippen LogP contribution >= 0.6 is 27.3 Å². The zero-order chi connectivity index (χ0) is 14.0. The van der Waals surface area contributed by atoms with E-state index in [2.05, 4.69) is 26.2 Å². The number of amides is 1. The van der Waals surface area contributed by atoms with Crippen LogP contribution in [-0.4, -0.2) is 10.9 Å². The van der Waals surface area contributed by atoms with Crippen LogP contribution in [0.5, 0.6) is 0 Å². The highest BCUT2D eigenvalue weighted by atomic mass is 79.9. The van der Waals surface area contributed by atoms with Gasteiger partial charge in [-0.1, -0.05) is 6.92 Å². The minimum Gasteiger partial charge on any atom is -0.298 e. The lowest BCUT2D eigenvalue weighted by atomic mass is 10.2. The molecule has 1 aromatic heterocycles. The number of aromatic nitrogens is 1. The van der Waals surface area contributed by atoms with Gasteiger partial charge in [0.05, 0.1) is 10.2 Å². The van der Waals surface area contributed by atoms with E-state index >= 15 is 0 Å². The lowest BCUT2D eigenvalue weighted by molar-refractivity contribution is 0.102. The number of benzene rings is 1. The predicted octanol–water partition coefficient (Wildman–Crippen LogP) is 4.17. The summed E-state index contributed by atoms with van der Waals surface area (Å²) in [5, 5.41) is 3.29. The second-order valence-corrected chi connectivity index (χ2v) is 6.02. The monoisotopic (exact) mass is 342 g/mol. The van der Waals surface area contributed by atoms with Crippen LogP contribution in [0.1, 0.15) is 27.9 Å². The van der Waals surface area contributed by atoms with Gasteiger partial charge < -0.3 is 0 Å². The van der Waals surface area contributed by atoms with Gasteiger partial charge in [0.1, 0.15) is 5.82 Å². The van der Waals surface area contributed by atoms with Crippen molar-refractivity contribution in [1.29, 1.82) is 0 Å². The molecule has 3 nitrogen and oxygen atoms in total. The molecule has 100 valence electrons. The lowest BCUT2D eigenvalue weighted by Crippen LogP contribution is -2.11. The normalized spacial score (nSPS) is 10.5. The lowest BCUT2D eigenvalue weighted by Gasteiger charge is -2.02. The molecule has 1 N–H and O–H groups in total. The van der Waals surface area contributed by atoms with Gasteiger partial charge >= 0.3 is 0 Å². The van der Waals surface area contributed by atoms with Crippen LogP contribution in [0.2, 0.25) is 0 Å². The minimum atomic E-state index is -0.394. The van der Waals surface area contributed by atoms with E-state index in [9.17, 15) is 9.18 Å². The summed E-state index contributed by atoms with van der Waals surface area (Å²) in [6.07, 6.45) is 0.834. The quantitative estimate of drug-likeness (QED) is 0.909. The topological polar surface area (TPSA) is 42.0 Å². The molecule has 1 aromatic carbocycles. The van der Waals surface area contributed by atoms with Crippen molar-refractivity contribution in [3.05, 3.63) is 44.6 Å². The fraction of sp³-hybridized carbons (Fsp3) is 0.231. The maximum atomic E-state index is 13.1. The fourth-order valence-corrected chi connectivity index (χ4v) is 2.89. The predicted molar refractivity (Wildman–Crippen MR) is 78.3 cm³/mol. The third kappa shape index (κ3) is 3.19. The zero-order valence-electron chi connectivity index (χ0n) is 10.5. The highest BCUT2D eigenvalue weighted by Gasteiger charge is 2.12. The highest BCUT2D eigenvalue weighted by Crippen LogP contribution is 2.23. The summed E-state index contributed by atoms with van der Waals surface area (Å²) in [5.41, 5.74) is 1.37. The fourth-order valence-electron chi connectivity index (χ4n) is 1.62. The number of carbonyl (C=O) groups is 1. The smallest absolute Gasteiger partial charge is 0.257 e. The van der Waals surface area contributed by atoms with Crippen LogP contribution in [-0.2, 0) is 6.42 Å². The molecular weight excluding hydrogens is 331 g/mol. The molecule has 0 aliphatic heterocycles. The Morgan fingerprint density at radius 3 is 2.84 bits per heavy atom. The molecule has 0 aliphatic rings. The molecule has 6 heteroatoms. The van der Waals surface area contributed by atoms with Crippen molar-refractivity contribution in [2.45, 2.75) is 20.3 Å². The minimum absolute atomic E-state index is 0.268. The van der Waals surface area contributed by atoms with Crippen LogP contribution in [0, 0.1) is 12.7 Å². The number of nitrogens with zero attached hydrogens (tertiary/aromatic N) is 1. The molecule has 0 spiro atoms. The Bertz CT molecular complexity index is 627. The summed E-state index contributed by atoms with van der Waals surface area (Å²) in [5.74, 6) is -0.688. The number of hydrogen-bond acceptors (Lipinski definition) is 3. The molecule has 1 amide bonds. The number of carbonyl (C=O) groups excluding carboxylic acids is 1. The molecule has 2 rings (SSSR count). The molecule has 0 fully saturated rings. The Labute approximate surface area is 123 Å². The Hall–Kier alpha value is -1.27. The van der Waals surface area contributed by atoms with Crippen LogP contribution in [0.3, 0.4) is 0 Å². The first-order valence-electron chi connectivity index (χ1n) is 5.74. The van der Waals surface area contributed by atoms with Crippen LogP contribution in [0.4, 0.5) is 9.52 Å². The van der Waals surface area contributed by atoms with Crippen molar-refractivity contribution in [1.82, 2.24) is 4.98 Å². The number of hydrogen-bond donors (Lipinski definition) is 1. The number of thiazole rings is 1. The average Bonchev–Trinajstić information content (AvgIpc) is 2.72. The molecular formula is C13H12BrFN2OS. The van der Waals surface area contributed by atoms with Crippen molar-refractivity contribution < 1.29 is 9.18 Å². The summed E-state index contributed by atoms with van der Waals surface area (Å²) >= 11 is 4.50. The van der Waals surface area contributed by atoms with Crippen LogP contribution in [0.15, 0.2) is 22.7 Å². The summed E-state index contributed by atoms with van der Waals surface area (Å²) < 4.78 is 13.4. The SMILES string of the molecule is CCc1nc(NC(=O)c2ccc(F)c(Br)c2)sc1C. The van der Waals surface area contributed by atoms with E-state index in [4.69, 9.17) is 0 Å². The van der Waals surface area contributed by atoms with E-state index in [0.717, 1.165) is 17.0 Å². The zero-order valence-corrected chi connectivity index (χ0v) is 12.9. The first-order valence-corrected chi connectivity index (χ1v) is 7.35. The number of anilines is 1. The van der Waals surface area contributed by atoms with Gasteiger partial charge in [-0.25, -0.2) is 9.37 Å². The van der Waals surface area contributed by atoms with Gasteiger partial charge in [-0.2, -0.15) is 0 Å². The van der Waals surface area contributed by atoms with Gasteiger partial charge in [-0.3, -0.25) is 10.1 Å². The summed E-state index contributed by atoms with van der Waals surface area (Å²) in [6, 6.07) is 4.14. The van der Waals surface area contributed by atoms with Crippen molar-refractivity contribution in [2.24, 2.45) is 0 Å². The van der Waals surface area contributed by atoms with Gasteiger partial charge in [0.25, 0.3) is 5.91 Å². The Balaban J connectivity index is 2.18. The number of rotatable bonds is 3. The van der Waals surface area contributed by atoms with E-state index < -0.39 is 5.82 Å². The van der Waals surface area contributed by atoms with E-state index in [0.29, 0.717) is 10.7 Å². The van der Waals surface area contributed by atoms with E-state index in [1.54, 1.807) is 0 Å². The standard InChI is InChI=1S/C13H12BrFN2OS/c1-3-11-7(2)19-13(16-11)17-12(18)8-4-5-10(15)9(14)6-8/h4-6H,3H2,1-2H3,(H,16,17,18). The third-order valence-electron chi connectivity index (χ3n) is 2.63. The van der Waals surface area contributed by atoms with Gasteiger partial charge in [0.15, 0.2) is 5.13 Å². The number of aryl methyl sites for hydroxylation is 2. The maximum Gasteiger partial charge on any atom is 0.257 e. The molecule has 19 heavy (non-hydrogen) atoms. The average molecular weight is 343 g/mol. The van der Waals surface area contributed by atoms with Gasteiger partial charge in [-0.15, -0.1) is 11.3 Å². The molecule has 0 atom stereocenters. The Morgan fingerprint density at radius 2 is 2.26 bits per heavy atom. The number of nitrogens with one attached hydrogen (secondary N) is 1. The first kappa shape index (κ1) is 14.1. The van der Waals surface area contributed by atoms with Crippen LogP contribution < -0.4 is 5.32 Å². The van der Waals surface area contributed by atoms with Crippen molar-refractivity contribution in [3.63, 3.8) is 0 Å². The molecule has 0 saturated heterocycles. The Morgan fingerprint density at radius 1 is 1.53 bits per heavy atom. The van der Waals surface area contributed by atoms with E-state index in [1.165, 1.54) is 29.5 Å². The van der Waals surface area contributed by atoms with Crippen molar-refractivity contribution >= 4 is 38.3 Å². The molecule has 0 bridgehead atoms. The van der Waals surface area contributed by atoms with Crippen molar-refractivity contribution in [3.8, 4) is 0 Å². The molecule has 2 aromatic rings. The van der Waals surface area contributed by atoms with Gasteiger partial charge in [0.2, 0.25) is 0 Å². The molecule has 0 unspecified atom stereocenters. The molecule has 0 radical (unpaired) electrons. The molecule has 0 saturated carbocycles. The second-order valence-electron chi connectivity index (χ2n) is 3.96. The highest BCUT2D eigenvalue weighted by molar-refractivity contribution is 9.10. The van der Waals surface area contributed by atoms with Crippen LogP contribution in [0.25, 0.3) is 0 Å². The second kappa shape index (κ2) is 5.79. The largest absolute Gasteiger partial charge is 0.298 e. The van der Waals surface area contributed by atoms with Crippen molar-refractivity contribution in [2.75, 3.05) is 5.32 Å². The number of halogens is 2. The molecule has 1 heterocycles. The van der Waals surface area contributed by atoms with E-state index in [-0.39, 0.29) is 10.4 Å². The first-order chi connectivity index (χ1) is 9.01. The Kier molecular flexibility index (Phi) is 4.31. The maximum absolute atomic E-state index is 13.1.